The van der Waals surface area contributed by atoms with Gasteiger partial charge in [0.05, 0.1) is 15.9 Å². The number of thiazole rings is 1. The minimum atomic E-state index is 0.774. The van der Waals surface area contributed by atoms with E-state index in [1.54, 1.807) is 25.6 Å². The van der Waals surface area contributed by atoms with Gasteiger partial charge < -0.3 is 10.5 Å². The van der Waals surface area contributed by atoms with Gasteiger partial charge in [-0.2, -0.15) is 0 Å². The van der Waals surface area contributed by atoms with Crippen molar-refractivity contribution in [3.05, 3.63) is 54.2 Å². The van der Waals surface area contributed by atoms with Crippen molar-refractivity contribution in [2.75, 3.05) is 20.0 Å². The summed E-state index contributed by atoms with van der Waals surface area (Å²) in [4.78, 5) is 5.75. The number of nitrogens with zero attached hydrogens (tertiary/aromatic N) is 2. The van der Waals surface area contributed by atoms with Crippen LogP contribution < -0.4 is 5.73 Å². The fourth-order valence-corrected chi connectivity index (χ4v) is 3.51. The van der Waals surface area contributed by atoms with Gasteiger partial charge in [-0.3, -0.25) is 4.40 Å². The fourth-order valence-electron chi connectivity index (χ4n) is 2.40. The number of methoxy groups -OCH3 is 1. The summed E-state index contributed by atoms with van der Waals surface area (Å²) in [6.07, 6.45) is 2.09. The summed E-state index contributed by atoms with van der Waals surface area (Å²) in [7, 11) is 3.25. The lowest BCUT2D eigenvalue weighted by Gasteiger charge is -1.97. The molecule has 4 rings (SSSR count). The van der Waals surface area contributed by atoms with Crippen LogP contribution >= 0.6 is 11.3 Å². The molecule has 2 N–H and O–H groups in total. The number of hydrogen-bond donors (Lipinski definition) is 1. The predicted octanol–water partition coefficient (Wildman–Crippen LogP) is 4.37. The van der Waals surface area contributed by atoms with E-state index in [4.69, 9.17) is 10.7 Å². The molecule has 23 heavy (non-hydrogen) atoms. The first kappa shape index (κ1) is 15.5. The highest BCUT2D eigenvalue weighted by molar-refractivity contribution is 7.23. The number of fused-ring (bicyclic) bond motifs is 3. The molecule has 0 unspecified atom stereocenters. The molecule has 0 atom stereocenters. The SMILES string of the molecule is COC.Cc1ccc2c(c1)sc1nc(-c3ccc(N)cc3)cn12. The van der Waals surface area contributed by atoms with Crippen LogP contribution in [0, 0.1) is 6.92 Å². The van der Waals surface area contributed by atoms with E-state index in [1.807, 2.05) is 24.3 Å². The van der Waals surface area contributed by atoms with Crippen LogP contribution in [0.2, 0.25) is 0 Å². The molecule has 0 bridgehead atoms. The highest BCUT2D eigenvalue weighted by atomic mass is 32.1. The summed E-state index contributed by atoms with van der Waals surface area (Å²) in [5.74, 6) is 0. The number of hydrogen-bond acceptors (Lipinski definition) is 4. The van der Waals surface area contributed by atoms with Gasteiger partial charge in [0.1, 0.15) is 0 Å². The van der Waals surface area contributed by atoms with Crippen molar-refractivity contribution >= 4 is 32.2 Å². The zero-order chi connectivity index (χ0) is 16.4. The molecule has 5 heteroatoms. The second-order valence-corrected chi connectivity index (χ2v) is 6.39. The van der Waals surface area contributed by atoms with Gasteiger partial charge in [0.25, 0.3) is 0 Å². The first-order valence-corrected chi connectivity index (χ1v) is 8.08. The summed E-state index contributed by atoms with van der Waals surface area (Å²) >= 11 is 1.72. The van der Waals surface area contributed by atoms with Gasteiger partial charge in [-0.15, -0.1) is 0 Å². The minimum absolute atomic E-state index is 0.774. The van der Waals surface area contributed by atoms with Gasteiger partial charge in [-0.1, -0.05) is 29.5 Å². The van der Waals surface area contributed by atoms with Gasteiger partial charge >= 0.3 is 0 Å². The Labute approximate surface area is 139 Å². The molecule has 0 fully saturated rings. The molecule has 0 amide bonds. The van der Waals surface area contributed by atoms with E-state index in [1.165, 1.54) is 15.8 Å². The second-order valence-electron chi connectivity index (χ2n) is 5.38. The van der Waals surface area contributed by atoms with E-state index in [9.17, 15) is 0 Å². The molecule has 2 aromatic carbocycles. The van der Waals surface area contributed by atoms with E-state index in [2.05, 4.69) is 40.5 Å². The Kier molecular flexibility index (Phi) is 4.32. The second kappa shape index (κ2) is 6.40. The average molecular weight is 325 g/mol. The number of rotatable bonds is 1. The van der Waals surface area contributed by atoms with Crippen molar-refractivity contribution in [1.82, 2.24) is 9.38 Å². The lowest BCUT2D eigenvalue weighted by molar-refractivity contribution is 0.277. The van der Waals surface area contributed by atoms with Crippen molar-refractivity contribution in [2.24, 2.45) is 0 Å². The quantitative estimate of drug-likeness (QED) is 0.529. The summed E-state index contributed by atoms with van der Waals surface area (Å²) in [5, 5.41) is 0. The Balaban J connectivity index is 0.000000485. The molecule has 4 aromatic rings. The first-order valence-electron chi connectivity index (χ1n) is 7.26. The Bertz CT molecular complexity index is 938. The van der Waals surface area contributed by atoms with Gasteiger partial charge in [-0.05, 0) is 36.8 Å². The van der Waals surface area contributed by atoms with E-state index in [0.717, 1.165) is 21.9 Å². The molecule has 0 aliphatic heterocycles. The molecule has 0 saturated carbocycles. The van der Waals surface area contributed by atoms with E-state index in [0.29, 0.717) is 0 Å². The molecule has 0 saturated heterocycles. The number of anilines is 1. The predicted molar refractivity (Wildman–Crippen MR) is 98.1 cm³/mol. The lowest BCUT2D eigenvalue weighted by atomic mass is 10.1. The van der Waals surface area contributed by atoms with Crippen LogP contribution in [-0.4, -0.2) is 23.6 Å². The molecule has 4 nitrogen and oxygen atoms in total. The highest BCUT2D eigenvalue weighted by Gasteiger charge is 2.10. The number of ether oxygens (including phenoxy) is 1. The largest absolute Gasteiger partial charge is 0.399 e. The third-order valence-electron chi connectivity index (χ3n) is 3.46. The molecule has 0 aliphatic rings. The number of aromatic nitrogens is 2. The van der Waals surface area contributed by atoms with E-state index in [-0.39, 0.29) is 0 Å². The third kappa shape index (κ3) is 3.06. The smallest absolute Gasteiger partial charge is 0.195 e. The van der Waals surface area contributed by atoms with Crippen molar-refractivity contribution in [3.8, 4) is 11.3 Å². The topological polar surface area (TPSA) is 52.5 Å². The van der Waals surface area contributed by atoms with Crippen molar-refractivity contribution in [1.29, 1.82) is 0 Å². The van der Waals surface area contributed by atoms with Gasteiger partial charge in [-0.25, -0.2) is 4.98 Å². The lowest BCUT2D eigenvalue weighted by Crippen LogP contribution is -1.83. The molecular formula is C18H19N3OS. The molecule has 2 aromatic heterocycles. The number of nitrogens with two attached hydrogens (primary N) is 1. The molecule has 0 spiro atoms. The standard InChI is InChI=1S/C16H13N3S.C2H6O/c1-10-2-7-14-15(8-10)20-16-18-13(9-19(14)16)11-3-5-12(17)6-4-11;1-3-2/h2-9H,17H2,1H3;1-2H3. The Morgan fingerprint density at radius 2 is 1.78 bits per heavy atom. The highest BCUT2D eigenvalue weighted by Crippen LogP contribution is 2.30. The van der Waals surface area contributed by atoms with Crippen molar-refractivity contribution < 1.29 is 4.74 Å². The zero-order valence-electron chi connectivity index (χ0n) is 13.4. The van der Waals surface area contributed by atoms with Crippen LogP contribution in [-0.2, 0) is 4.74 Å². The average Bonchev–Trinajstić information content (AvgIpc) is 3.05. The molecule has 0 radical (unpaired) electrons. The first-order chi connectivity index (χ1) is 11.1. The van der Waals surface area contributed by atoms with Crippen molar-refractivity contribution in [2.45, 2.75) is 6.92 Å². The monoisotopic (exact) mass is 325 g/mol. The van der Waals surface area contributed by atoms with Gasteiger partial charge in [0.2, 0.25) is 0 Å². The minimum Gasteiger partial charge on any atom is -0.399 e. The van der Waals surface area contributed by atoms with Crippen LogP contribution in [0.1, 0.15) is 5.56 Å². The normalized spacial score (nSPS) is 10.7. The van der Waals surface area contributed by atoms with Gasteiger partial charge in [0, 0.05) is 31.7 Å². The number of benzene rings is 2. The number of nitrogen functional groups attached to an aromatic ring is 1. The van der Waals surface area contributed by atoms with Crippen LogP contribution in [0.15, 0.2) is 48.7 Å². The summed E-state index contributed by atoms with van der Waals surface area (Å²) in [6.45, 7) is 2.11. The Hall–Kier alpha value is -2.37. The summed E-state index contributed by atoms with van der Waals surface area (Å²) < 4.78 is 7.68. The Morgan fingerprint density at radius 1 is 1.09 bits per heavy atom. The maximum Gasteiger partial charge on any atom is 0.195 e. The molecule has 0 aliphatic carbocycles. The van der Waals surface area contributed by atoms with E-state index >= 15 is 0 Å². The number of imidazole rings is 1. The van der Waals surface area contributed by atoms with Crippen LogP contribution in [0.25, 0.3) is 26.4 Å². The fraction of sp³-hybridized carbons (Fsp3) is 0.167. The van der Waals surface area contributed by atoms with Gasteiger partial charge in [0.15, 0.2) is 4.96 Å². The zero-order valence-corrected chi connectivity index (χ0v) is 14.2. The number of aryl methyl sites for hydroxylation is 1. The van der Waals surface area contributed by atoms with Crippen LogP contribution in [0.5, 0.6) is 0 Å². The summed E-state index contributed by atoms with van der Waals surface area (Å²) in [5.41, 5.74) is 11.1. The van der Waals surface area contributed by atoms with Crippen LogP contribution in [0.3, 0.4) is 0 Å². The molecule has 2 heterocycles. The summed E-state index contributed by atoms with van der Waals surface area (Å²) in [6, 6.07) is 14.3. The van der Waals surface area contributed by atoms with Crippen LogP contribution in [0.4, 0.5) is 5.69 Å². The maximum absolute atomic E-state index is 5.72. The molecular weight excluding hydrogens is 306 g/mol. The Morgan fingerprint density at radius 3 is 2.48 bits per heavy atom. The molecule has 118 valence electrons. The third-order valence-corrected chi connectivity index (χ3v) is 4.47. The maximum atomic E-state index is 5.72. The van der Waals surface area contributed by atoms with E-state index < -0.39 is 0 Å². The van der Waals surface area contributed by atoms with Crippen molar-refractivity contribution in [3.63, 3.8) is 0 Å².